The average Bonchev–Trinajstić information content (AvgIpc) is 2.81. The molecule has 2 aromatic heterocycles. The summed E-state index contributed by atoms with van der Waals surface area (Å²) in [6.07, 6.45) is 5.51. The number of ketones is 1. The van der Waals surface area contributed by atoms with Gasteiger partial charge in [-0.1, -0.05) is 18.2 Å². The summed E-state index contributed by atoms with van der Waals surface area (Å²) < 4.78 is 0. The second kappa shape index (κ2) is 4.74. The molecule has 88 valence electrons. The molecule has 1 fully saturated rings. The summed E-state index contributed by atoms with van der Waals surface area (Å²) in [5, 5.41) is 4.16. The van der Waals surface area contributed by atoms with E-state index in [1.807, 2.05) is 11.4 Å². The topological polar surface area (TPSA) is 42.9 Å². The predicted octanol–water partition coefficient (Wildman–Crippen LogP) is 3.30. The highest BCUT2D eigenvalue weighted by Gasteiger charge is 2.24. The van der Waals surface area contributed by atoms with Crippen molar-refractivity contribution in [2.45, 2.75) is 36.0 Å². The van der Waals surface area contributed by atoms with E-state index >= 15 is 0 Å². The van der Waals surface area contributed by atoms with Crippen LogP contribution in [0.15, 0.2) is 22.8 Å². The molecule has 5 heteroatoms. The van der Waals surface area contributed by atoms with Gasteiger partial charge in [0.1, 0.15) is 22.0 Å². The normalized spacial score (nSPS) is 20.9. The molecule has 17 heavy (non-hydrogen) atoms. The Morgan fingerprint density at radius 1 is 1.35 bits per heavy atom. The van der Waals surface area contributed by atoms with Gasteiger partial charge in [-0.05, 0) is 24.3 Å². The predicted molar refractivity (Wildman–Crippen MR) is 70.5 cm³/mol. The van der Waals surface area contributed by atoms with E-state index in [4.69, 9.17) is 0 Å². The smallest absolute Gasteiger partial charge is 0.146 e. The molecule has 1 aliphatic rings. The van der Waals surface area contributed by atoms with Crippen LogP contribution in [0.25, 0.3) is 10.2 Å². The molecule has 0 bridgehead atoms. The largest absolute Gasteiger partial charge is 0.298 e. The number of aromatic nitrogens is 2. The number of hydrogen-bond donors (Lipinski definition) is 0. The van der Waals surface area contributed by atoms with Crippen LogP contribution in [0.1, 0.15) is 25.7 Å². The first-order valence-electron chi connectivity index (χ1n) is 5.72. The standard InChI is InChI=1S/C12H12N2OS2/c15-9-3-1-2-4-10(9)17-12-8-5-6-16-11(8)13-7-14-12/h5-7,10H,1-4H2/t10-/m1/s1. The molecule has 0 spiro atoms. The van der Waals surface area contributed by atoms with Crippen LogP contribution in [-0.4, -0.2) is 21.0 Å². The van der Waals surface area contributed by atoms with Gasteiger partial charge in [-0.25, -0.2) is 9.97 Å². The molecule has 1 saturated carbocycles. The Kier molecular flexibility index (Phi) is 3.11. The van der Waals surface area contributed by atoms with Gasteiger partial charge in [0.05, 0.1) is 5.25 Å². The lowest BCUT2D eigenvalue weighted by atomic mass is 9.99. The van der Waals surface area contributed by atoms with Crippen LogP contribution < -0.4 is 0 Å². The van der Waals surface area contributed by atoms with Gasteiger partial charge < -0.3 is 0 Å². The minimum atomic E-state index is 0.0988. The second-order valence-electron chi connectivity index (χ2n) is 4.14. The number of thiophene rings is 1. The molecule has 3 rings (SSSR count). The van der Waals surface area contributed by atoms with E-state index in [1.165, 1.54) is 0 Å². The van der Waals surface area contributed by atoms with Gasteiger partial charge >= 0.3 is 0 Å². The molecule has 0 radical (unpaired) electrons. The Morgan fingerprint density at radius 2 is 2.29 bits per heavy atom. The summed E-state index contributed by atoms with van der Waals surface area (Å²) in [5.74, 6) is 0.378. The van der Waals surface area contributed by atoms with E-state index < -0.39 is 0 Å². The molecule has 0 N–H and O–H groups in total. The van der Waals surface area contributed by atoms with Crippen molar-refractivity contribution < 1.29 is 4.79 Å². The molecule has 1 atom stereocenters. The van der Waals surface area contributed by atoms with Crippen LogP contribution in [0.3, 0.4) is 0 Å². The summed E-state index contributed by atoms with van der Waals surface area (Å²) in [6.45, 7) is 0. The lowest BCUT2D eigenvalue weighted by molar-refractivity contribution is -0.119. The zero-order valence-corrected chi connectivity index (χ0v) is 10.9. The summed E-state index contributed by atoms with van der Waals surface area (Å²) in [4.78, 5) is 21.4. The van der Waals surface area contributed by atoms with Crippen LogP contribution in [0.2, 0.25) is 0 Å². The maximum atomic E-state index is 11.8. The number of Topliss-reactive ketones (excluding diaryl/α,β-unsaturated/α-hetero) is 1. The summed E-state index contributed by atoms with van der Waals surface area (Å²) in [5.41, 5.74) is 0. The van der Waals surface area contributed by atoms with Gasteiger partial charge in [-0.2, -0.15) is 0 Å². The van der Waals surface area contributed by atoms with E-state index in [2.05, 4.69) is 9.97 Å². The number of nitrogens with zero attached hydrogens (tertiary/aromatic N) is 2. The van der Waals surface area contributed by atoms with E-state index in [-0.39, 0.29) is 5.25 Å². The van der Waals surface area contributed by atoms with Crippen LogP contribution in [-0.2, 0) is 4.79 Å². The van der Waals surface area contributed by atoms with Crippen molar-refractivity contribution in [2.75, 3.05) is 0 Å². The fourth-order valence-electron chi connectivity index (χ4n) is 2.07. The van der Waals surface area contributed by atoms with Crippen molar-refractivity contribution in [3.63, 3.8) is 0 Å². The Labute approximate surface area is 108 Å². The molecule has 0 unspecified atom stereocenters. The van der Waals surface area contributed by atoms with Gasteiger partial charge in [0, 0.05) is 11.8 Å². The van der Waals surface area contributed by atoms with Crippen molar-refractivity contribution in [2.24, 2.45) is 0 Å². The SMILES string of the molecule is O=C1CCCC[C@H]1Sc1ncnc2sccc12. The second-order valence-corrected chi connectivity index (χ2v) is 6.22. The summed E-state index contributed by atoms with van der Waals surface area (Å²) in [6, 6.07) is 2.04. The van der Waals surface area contributed by atoms with Gasteiger partial charge in [0.2, 0.25) is 0 Å². The Morgan fingerprint density at radius 3 is 3.18 bits per heavy atom. The quantitative estimate of drug-likeness (QED) is 0.781. The first-order chi connectivity index (χ1) is 8.34. The van der Waals surface area contributed by atoms with E-state index in [1.54, 1.807) is 29.4 Å². The van der Waals surface area contributed by atoms with Crippen molar-refractivity contribution in [3.05, 3.63) is 17.8 Å². The van der Waals surface area contributed by atoms with Crippen LogP contribution >= 0.6 is 23.1 Å². The first-order valence-corrected chi connectivity index (χ1v) is 7.48. The monoisotopic (exact) mass is 264 g/mol. The number of carbonyl (C=O) groups excluding carboxylic acids is 1. The third-order valence-corrected chi connectivity index (χ3v) is 5.13. The Bertz CT molecular complexity index is 552. The molecule has 3 nitrogen and oxygen atoms in total. The van der Waals surface area contributed by atoms with Crippen molar-refractivity contribution in [3.8, 4) is 0 Å². The van der Waals surface area contributed by atoms with E-state index in [0.717, 1.165) is 40.9 Å². The van der Waals surface area contributed by atoms with Crippen molar-refractivity contribution >= 4 is 39.1 Å². The molecular weight excluding hydrogens is 252 g/mol. The minimum Gasteiger partial charge on any atom is -0.298 e. The minimum absolute atomic E-state index is 0.0988. The fraction of sp³-hybridized carbons (Fsp3) is 0.417. The van der Waals surface area contributed by atoms with Crippen LogP contribution in [0.4, 0.5) is 0 Å². The van der Waals surface area contributed by atoms with Crippen LogP contribution in [0, 0.1) is 0 Å². The zero-order chi connectivity index (χ0) is 11.7. The molecule has 0 aliphatic heterocycles. The molecule has 0 saturated heterocycles. The lowest BCUT2D eigenvalue weighted by Gasteiger charge is -2.19. The van der Waals surface area contributed by atoms with Gasteiger partial charge in [-0.15, -0.1) is 11.3 Å². The first kappa shape index (κ1) is 11.2. The molecule has 0 aromatic carbocycles. The van der Waals surface area contributed by atoms with Crippen LogP contribution in [0.5, 0.6) is 0 Å². The molecule has 2 aromatic rings. The maximum Gasteiger partial charge on any atom is 0.146 e. The van der Waals surface area contributed by atoms with Crippen molar-refractivity contribution in [1.29, 1.82) is 0 Å². The summed E-state index contributed by atoms with van der Waals surface area (Å²) >= 11 is 3.23. The number of hydrogen-bond acceptors (Lipinski definition) is 5. The average molecular weight is 264 g/mol. The third kappa shape index (κ3) is 2.21. The Balaban J connectivity index is 1.89. The highest BCUT2D eigenvalue weighted by atomic mass is 32.2. The molecule has 2 heterocycles. The van der Waals surface area contributed by atoms with Gasteiger partial charge in [0.25, 0.3) is 0 Å². The van der Waals surface area contributed by atoms with Gasteiger partial charge in [-0.3, -0.25) is 4.79 Å². The number of carbonyl (C=O) groups is 1. The lowest BCUT2D eigenvalue weighted by Crippen LogP contribution is -2.21. The number of fused-ring (bicyclic) bond motifs is 1. The number of thioether (sulfide) groups is 1. The van der Waals surface area contributed by atoms with Gasteiger partial charge in [0.15, 0.2) is 0 Å². The summed E-state index contributed by atoms with van der Waals surface area (Å²) in [7, 11) is 0. The fourth-order valence-corrected chi connectivity index (χ4v) is 4.07. The Hall–Kier alpha value is -0.940. The third-order valence-electron chi connectivity index (χ3n) is 2.98. The molecule has 1 aliphatic carbocycles. The highest BCUT2D eigenvalue weighted by Crippen LogP contribution is 2.34. The maximum absolute atomic E-state index is 11.8. The van der Waals surface area contributed by atoms with E-state index in [0.29, 0.717) is 5.78 Å². The zero-order valence-electron chi connectivity index (χ0n) is 9.26. The molecule has 0 amide bonds. The molecular formula is C12H12N2OS2. The van der Waals surface area contributed by atoms with Crippen molar-refractivity contribution in [1.82, 2.24) is 9.97 Å². The number of rotatable bonds is 2. The highest BCUT2D eigenvalue weighted by molar-refractivity contribution is 8.00. The van der Waals surface area contributed by atoms with E-state index in [9.17, 15) is 4.79 Å².